The van der Waals surface area contributed by atoms with E-state index in [1.807, 2.05) is 78.4 Å². The first-order chi connectivity index (χ1) is 33.5. The van der Waals surface area contributed by atoms with Crippen LogP contribution in [0.3, 0.4) is 0 Å². The number of likely N-dealkylation sites (tertiary alicyclic amines) is 2. The van der Waals surface area contributed by atoms with Gasteiger partial charge in [-0.2, -0.15) is 0 Å². The van der Waals surface area contributed by atoms with Gasteiger partial charge < -0.3 is 29.1 Å². The molecule has 69 heavy (non-hydrogen) atoms. The second kappa shape index (κ2) is 17.9. The van der Waals surface area contributed by atoms with Gasteiger partial charge in [0.05, 0.1) is 47.1 Å². The van der Waals surface area contributed by atoms with Crippen LogP contribution in [0.2, 0.25) is 0 Å². The molecule has 3 aliphatic rings. The molecule has 6 heterocycles. The summed E-state index contributed by atoms with van der Waals surface area (Å²) in [6, 6.07) is 35.8. The number of benzene rings is 5. The molecule has 0 saturated carbocycles. The Balaban J connectivity index is 0.878. The number of imidazole rings is 2. The molecule has 12 nitrogen and oxygen atoms in total. The van der Waals surface area contributed by atoms with Gasteiger partial charge in [0, 0.05) is 40.7 Å². The summed E-state index contributed by atoms with van der Waals surface area (Å²) in [6.45, 7) is 1.22. The van der Waals surface area contributed by atoms with E-state index in [-0.39, 0.29) is 35.5 Å². The summed E-state index contributed by atoms with van der Waals surface area (Å²) in [6.07, 6.45) is 6.50. The van der Waals surface area contributed by atoms with Crippen LogP contribution in [0.4, 0.5) is 8.78 Å². The van der Waals surface area contributed by atoms with E-state index in [0.717, 1.165) is 104 Å². The highest BCUT2D eigenvalue weighted by atomic mass is 19.1. The minimum atomic E-state index is -0.554. The van der Waals surface area contributed by atoms with Crippen LogP contribution in [0.1, 0.15) is 84.4 Å². The van der Waals surface area contributed by atoms with Gasteiger partial charge in [0.25, 0.3) is 0 Å². The van der Waals surface area contributed by atoms with Crippen molar-refractivity contribution in [1.82, 2.24) is 44.1 Å². The van der Waals surface area contributed by atoms with Crippen LogP contribution in [-0.2, 0) is 9.59 Å². The van der Waals surface area contributed by atoms with Crippen LogP contribution in [0, 0.1) is 11.6 Å². The van der Waals surface area contributed by atoms with Crippen molar-refractivity contribution in [3.8, 4) is 39.5 Å². The smallest absolute Gasteiger partial charge is 0.245 e. The molecule has 8 aromatic rings. The number of aromatic nitrogens is 5. The second-order valence-electron chi connectivity index (χ2n) is 18.8. The zero-order valence-electron chi connectivity index (χ0n) is 38.9. The fourth-order valence-corrected chi connectivity index (χ4v) is 10.7. The highest BCUT2D eigenvalue weighted by Gasteiger charge is 2.39. The van der Waals surface area contributed by atoms with Crippen molar-refractivity contribution in [2.24, 2.45) is 0 Å². The Hall–Kier alpha value is -7.42. The third-order valence-corrected chi connectivity index (χ3v) is 14.0. The first kappa shape index (κ1) is 44.1. The zero-order chi connectivity index (χ0) is 47.5. The molecule has 11 rings (SSSR count). The van der Waals surface area contributed by atoms with Crippen LogP contribution in [-0.4, -0.2) is 97.2 Å². The molecule has 14 heteroatoms. The summed E-state index contributed by atoms with van der Waals surface area (Å²) in [7, 11) is 7.48. The van der Waals surface area contributed by atoms with Crippen LogP contribution in [0.25, 0.3) is 44.7 Å². The molecule has 2 fully saturated rings. The number of aromatic amines is 2. The van der Waals surface area contributed by atoms with E-state index in [4.69, 9.17) is 14.7 Å². The molecule has 3 aromatic heterocycles. The molecular weight excluding hydrogens is 873 g/mol. The zero-order valence-corrected chi connectivity index (χ0v) is 38.9. The number of amides is 2. The van der Waals surface area contributed by atoms with E-state index >= 15 is 0 Å². The fraction of sp³-hybridized carbons (Fsp3) is 0.273. The van der Waals surface area contributed by atoms with Gasteiger partial charge in [-0.25, -0.2) is 18.7 Å². The van der Waals surface area contributed by atoms with Crippen LogP contribution >= 0.6 is 0 Å². The van der Waals surface area contributed by atoms with E-state index < -0.39 is 18.3 Å². The number of carbonyl (C=O) groups is 2. The number of likely N-dealkylation sites (N-methyl/N-ethyl adjacent to an activating group) is 2. The Morgan fingerprint density at radius 3 is 1.71 bits per heavy atom. The van der Waals surface area contributed by atoms with Gasteiger partial charge in [0.15, 0.2) is 0 Å². The monoisotopic (exact) mass is 925 g/mol. The number of ether oxygens (including phenoxy) is 1. The van der Waals surface area contributed by atoms with Crippen molar-refractivity contribution in [3.63, 3.8) is 0 Å². The number of nitrogens with zero attached hydrogens (tertiary/aromatic N) is 7. The van der Waals surface area contributed by atoms with Crippen molar-refractivity contribution in [1.29, 1.82) is 0 Å². The van der Waals surface area contributed by atoms with Gasteiger partial charge in [-0.15, -0.1) is 0 Å². The molecule has 5 atom stereocenters. The molecule has 5 aromatic carbocycles. The van der Waals surface area contributed by atoms with Crippen molar-refractivity contribution in [2.45, 2.75) is 56.1 Å². The molecule has 2 N–H and O–H groups in total. The van der Waals surface area contributed by atoms with E-state index in [2.05, 4.69) is 69.1 Å². The molecule has 0 radical (unpaired) electrons. The average Bonchev–Trinajstić information content (AvgIpc) is 4.22. The first-order valence-corrected chi connectivity index (χ1v) is 23.6. The summed E-state index contributed by atoms with van der Waals surface area (Å²) < 4.78 is 36.9. The molecule has 2 saturated heterocycles. The summed E-state index contributed by atoms with van der Waals surface area (Å²) in [5.41, 5.74) is 9.04. The Kier molecular flexibility index (Phi) is 11.4. The van der Waals surface area contributed by atoms with Crippen LogP contribution in [0.15, 0.2) is 134 Å². The average molecular weight is 926 g/mol. The number of carbonyl (C=O) groups excluding carboxylic acids is 2. The van der Waals surface area contributed by atoms with E-state index in [1.54, 1.807) is 24.3 Å². The summed E-state index contributed by atoms with van der Waals surface area (Å²) in [4.78, 5) is 52.7. The molecule has 0 aliphatic carbocycles. The molecule has 0 spiro atoms. The van der Waals surface area contributed by atoms with E-state index in [0.29, 0.717) is 13.1 Å². The van der Waals surface area contributed by atoms with Crippen LogP contribution < -0.4 is 4.74 Å². The lowest BCUT2D eigenvalue weighted by atomic mass is 10.0. The lowest BCUT2D eigenvalue weighted by Gasteiger charge is -2.31. The number of nitrogens with one attached hydrogen (secondary N) is 2. The maximum atomic E-state index is 14.2. The van der Waals surface area contributed by atoms with Crippen molar-refractivity contribution >= 4 is 22.7 Å². The lowest BCUT2D eigenvalue weighted by molar-refractivity contribution is -0.138. The van der Waals surface area contributed by atoms with E-state index in [9.17, 15) is 18.4 Å². The third kappa shape index (κ3) is 8.06. The SMILES string of the molecule is CN(C)[C@@H](C(=O)N1CCC[C@H]1c1ncc(-c2ccc3c(c2)O[C@@H](c2ccccc2)n2c-3cc3cc(-c4cnc([C@@H]5CCCN5C(=O)[C@@H](c5ccc(F)cc5)N(C)C)[nH]4)ccc32)[nH]1)c1ccc(F)cc1. The second-order valence-corrected chi connectivity index (χ2v) is 18.8. The Bertz CT molecular complexity index is 3180. The van der Waals surface area contributed by atoms with Gasteiger partial charge in [-0.3, -0.25) is 19.4 Å². The minimum absolute atomic E-state index is 0.0346. The van der Waals surface area contributed by atoms with E-state index in [1.165, 1.54) is 24.3 Å². The Morgan fingerprint density at radius 1 is 0.652 bits per heavy atom. The normalized spacial score (nSPS) is 18.7. The van der Waals surface area contributed by atoms with Crippen LogP contribution in [0.5, 0.6) is 5.75 Å². The predicted molar refractivity (Wildman–Crippen MR) is 261 cm³/mol. The quantitative estimate of drug-likeness (QED) is 0.133. The minimum Gasteiger partial charge on any atom is -0.465 e. The highest BCUT2D eigenvalue weighted by molar-refractivity contribution is 5.92. The molecule has 3 aliphatic heterocycles. The summed E-state index contributed by atoms with van der Waals surface area (Å²) in [5.74, 6) is 1.46. The molecule has 0 bridgehead atoms. The largest absolute Gasteiger partial charge is 0.465 e. The maximum absolute atomic E-state index is 14.2. The Labute approximate surface area is 399 Å². The number of halogens is 2. The third-order valence-electron chi connectivity index (χ3n) is 14.0. The van der Waals surface area contributed by atoms with Gasteiger partial charge >= 0.3 is 0 Å². The van der Waals surface area contributed by atoms with Gasteiger partial charge in [0.2, 0.25) is 18.0 Å². The van der Waals surface area contributed by atoms with Crippen molar-refractivity contribution in [2.75, 3.05) is 41.3 Å². The molecule has 350 valence electrons. The topological polar surface area (TPSA) is 119 Å². The Morgan fingerprint density at radius 2 is 1.17 bits per heavy atom. The highest BCUT2D eigenvalue weighted by Crippen LogP contribution is 2.46. The van der Waals surface area contributed by atoms with Crippen molar-refractivity contribution < 1.29 is 23.1 Å². The molecule has 0 unspecified atom stereocenters. The van der Waals surface area contributed by atoms with Gasteiger partial charge in [0.1, 0.15) is 41.1 Å². The number of H-pyrrole nitrogens is 2. The number of hydrogen-bond donors (Lipinski definition) is 2. The number of fused-ring (bicyclic) bond motifs is 5. The number of hydrogen-bond acceptors (Lipinski definition) is 7. The predicted octanol–water partition coefficient (Wildman–Crippen LogP) is 10.2. The lowest BCUT2D eigenvalue weighted by Crippen LogP contribution is -2.40. The fourth-order valence-electron chi connectivity index (χ4n) is 10.7. The summed E-state index contributed by atoms with van der Waals surface area (Å²) in [5, 5.41) is 1.04. The maximum Gasteiger partial charge on any atom is 0.245 e. The van der Waals surface area contributed by atoms with Gasteiger partial charge in [-0.05, 0) is 120 Å². The van der Waals surface area contributed by atoms with Gasteiger partial charge in [-0.1, -0.05) is 66.7 Å². The summed E-state index contributed by atoms with van der Waals surface area (Å²) >= 11 is 0. The standard InChI is InChI=1S/C55H53F2N9O3/c1-62(2)49(33-14-20-39(56)21-15-33)53(67)64-26-8-12-45(64)51-58-31-42(60-51)36-19-25-44-38(28-36)29-47-41-24-18-37(30-48(41)69-55(66(44)47)35-10-6-5-7-11-35)43-32-59-52(61-43)46-13-9-27-65(46)54(68)50(63(3)4)34-16-22-40(57)23-17-34/h5-7,10-11,14-25,28-32,45-46,49-50,55H,8-9,12-13,26-27H2,1-4H3,(H,58,60)(H,59,61)/t45-,46-,49+,50+,55-/m0/s1. The molecular formula is C55H53F2N9O3. The number of rotatable bonds is 11. The van der Waals surface area contributed by atoms with Crippen molar-refractivity contribution in [3.05, 3.63) is 174 Å². The first-order valence-electron chi connectivity index (χ1n) is 23.6. The molecule has 2 amide bonds.